The number of hydrogen-bond acceptors (Lipinski definition) is 1. The Hall–Kier alpha value is -0.640. The standard InChI is InChI=1S/C8H15N/c1-3-5-7-9-8-6-4-2/h9H,3-5,7H2,1-2H3. The fourth-order valence-corrected chi connectivity index (χ4v) is 0.479. The minimum atomic E-state index is 0.944. The van der Waals surface area contributed by atoms with Gasteiger partial charge in [-0.1, -0.05) is 26.2 Å². The van der Waals surface area contributed by atoms with Crippen LogP contribution in [0.25, 0.3) is 0 Å². The molecule has 0 spiro atoms. The summed E-state index contributed by atoms with van der Waals surface area (Å²) in [7, 11) is 0. The van der Waals surface area contributed by atoms with Gasteiger partial charge in [-0.15, -0.1) is 0 Å². The van der Waals surface area contributed by atoms with Crippen molar-refractivity contribution in [2.24, 2.45) is 0 Å². The van der Waals surface area contributed by atoms with Gasteiger partial charge in [0.1, 0.15) is 0 Å². The second-order valence-corrected chi connectivity index (χ2v) is 1.94. The smallest absolute Gasteiger partial charge is 0.0229 e. The zero-order chi connectivity index (χ0) is 6.95. The van der Waals surface area contributed by atoms with E-state index in [1.165, 1.54) is 12.8 Å². The van der Waals surface area contributed by atoms with E-state index in [2.05, 4.69) is 31.1 Å². The first-order valence-corrected chi connectivity index (χ1v) is 3.62. The van der Waals surface area contributed by atoms with Gasteiger partial charge in [-0.3, -0.25) is 0 Å². The first kappa shape index (κ1) is 8.36. The Labute approximate surface area is 57.8 Å². The molecule has 0 aromatic heterocycles. The molecule has 0 aliphatic rings. The molecule has 0 bridgehead atoms. The molecule has 52 valence electrons. The molecular weight excluding hydrogens is 110 g/mol. The van der Waals surface area contributed by atoms with Crippen LogP contribution in [0.1, 0.15) is 33.1 Å². The Morgan fingerprint density at radius 2 is 2.11 bits per heavy atom. The molecule has 1 nitrogen and oxygen atoms in total. The van der Waals surface area contributed by atoms with Crippen LogP contribution >= 0.6 is 0 Å². The first-order chi connectivity index (χ1) is 4.41. The summed E-state index contributed by atoms with van der Waals surface area (Å²) in [5, 5.41) is 3.03. The van der Waals surface area contributed by atoms with Gasteiger partial charge in [0.15, 0.2) is 0 Å². The molecular formula is C8H15N. The minimum absolute atomic E-state index is 0.944. The quantitative estimate of drug-likeness (QED) is 0.344. The minimum Gasteiger partial charge on any atom is -0.346 e. The lowest BCUT2D eigenvalue weighted by molar-refractivity contribution is 0.747. The maximum atomic E-state index is 3.03. The van der Waals surface area contributed by atoms with Crippen LogP contribution in [-0.2, 0) is 0 Å². The summed E-state index contributed by atoms with van der Waals surface area (Å²) in [6, 6.07) is 2.87. The first-order valence-electron chi connectivity index (χ1n) is 3.62. The molecule has 0 rings (SSSR count). The summed E-state index contributed by atoms with van der Waals surface area (Å²) >= 11 is 0. The Morgan fingerprint density at radius 3 is 2.67 bits per heavy atom. The summed E-state index contributed by atoms with van der Waals surface area (Å²) in [6.07, 6.45) is 3.40. The van der Waals surface area contributed by atoms with Crippen LogP contribution in [0, 0.1) is 12.0 Å². The summed E-state index contributed by atoms with van der Waals surface area (Å²) < 4.78 is 0. The third-order valence-electron chi connectivity index (χ3n) is 1.01. The molecule has 0 aromatic carbocycles. The van der Waals surface area contributed by atoms with Crippen LogP contribution in [0.3, 0.4) is 0 Å². The molecule has 0 atom stereocenters. The SMILES string of the molecule is CCC#CNCCCC. The maximum Gasteiger partial charge on any atom is 0.0229 e. The third-order valence-corrected chi connectivity index (χ3v) is 1.01. The third kappa shape index (κ3) is 7.36. The largest absolute Gasteiger partial charge is 0.346 e. The van der Waals surface area contributed by atoms with E-state index in [4.69, 9.17) is 0 Å². The lowest BCUT2D eigenvalue weighted by Gasteiger charge is -1.92. The molecule has 1 heteroatoms. The van der Waals surface area contributed by atoms with Gasteiger partial charge in [-0.05, 0) is 6.42 Å². The van der Waals surface area contributed by atoms with E-state index in [9.17, 15) is 0 Å². The maximum absolute atomic E-state index is 3.03. The van der Waals surface area contributed by atoms with Crippen molar-refractivity contribution in [1.82, 2.24) is 5.32 Å². The van der Waals surface area contributed by atoms with Crippen molar-refractivity contribution in [2.75, 3.05) is 6.54 Å². The van der Waals surface area contributed by atoms with Crippen molar-refractivity contribution < 1.29 is 0 Å². The highest BCUT2D eigenvalue weighted by molar-refractivity contribution is 4.94. The van der Waals surface area contributed by atoms with Crippen molar-refractivity contribution in [3.05, 3.63) is 0 Å². The summed E-state index contributed by atoms with van der Waals surface area (Å²) in [5.74, 6) is 2.95. The monoisotopic (exact) mass is 125 g/mol. The topological polar surface area (TPSA) is 12.0 Å². The number of hydrogen-bond donors (Lipinski definition) is 1. The number of nitrogens with one attached hydrogen (secondary N) is 1. The molecule has 0 aromatic rings. The van der Waals surface area contributed by atoms with Crippen molar-refractivity contribution in [2.45, 2.75) is 33.1 Å². The molecule has 0 amide bonds. The second kappa shape index (κ2) is 7.36. The van der Waals surface area contributed by atoms with Gasteiger partial charge in [-0.2, -0.15) is 0 Å². The molecule has 0 aliphatic carbocycles. The van der Waals surface area contributed by atoms with E-state index in [-0.39, 0.29) is 0 Å². The van der Waals surface area contributed by atoms with Crippen LogP contribution in [0.4, 0.5) is 0 Å². The summed E-state index contributed by atoms with van der Waals surface area (Å²) in [5.41, 5.74) is 0. The van der Waals surface area contributed by atoms with Crippen LogP contribution in [-0.4, -0.2) is 6.54 Å². The molecule has 0 saturated carbocycles. The normalized spacial score (nSPS) is 7.78. The van der Waals surface area contributed by atoms with Crippen LogP contribution < -0.4 is 5.32 Å². The summed E-state index contributed by atoms with van der Waals surface area (Å²) in [4.78, 5) is 0. The van der Waals surface area contributed by atoms with E-state index < -0.39 is 0 Å². The van der Waals surface area contributed by atoms with Gasteiger partial charge < -0.3 is 5.32 Å². The van der Waals surface area contributed by atoms with Gasteiger partial charge in [0.25, 0.3) is 0 Å². The van der Waals surface area contributed by atoms with E-state index in [0.717, 1.165) is 13.0 Å². The molecule has 0 saturated heterocycles. The highest BCUT2D eigenvalue weighted by atomic mass is 14.8. The van der Waals surface area contributed by atoms with Crippen molar-refractivity contribution in [1.29, 1.82) is 0 Å². The lowest BCUT2D eigenvalue weighted by atomic mass is 10.3. The van der Waals surface area contributed by atoms with Gasteiger partial charge in [0.05, 0.1) is 0 Å². The van der Waals surface area contributed by atoms with Crippen molar-refractivity contribution in [3.63, 3.8) is 0 Å². The lowest BCUT2D eigenvalue weighted by Crippen LogP contribution is -2.06. The average Bonchev–Trinajstić information content (AvgIpc) is 1.89. The zero-order valence-electron chi connectivity index (χ0n) is 6.33. The van der Waals surface area contributed by atoms with Gasteiger partial charge in [0.2, 0.25) is 0 Å². The van der Waals surface area contributed by atoms with Gasteiger partial charge >= 0.3 is 0 Å². The predicted octanol–water partition coefficient (Wildman–Crippen LogP) is 1.75. The van der Waals surface area contributed by atoms with Crippen LogP contribution in [0.2, 0.25) is 0 Å². The van der Waals surface area contributed by atoms with Crippen molar-refractivity contribution >= 4 is 0 Å². The van der Waals surface area contributed by atoms with Crippen molar-refractivity contribution in [3.8, 4) is 12.0 Å². The molecule has 0 unspecified atom stereocenters. The van der Waals surface area contributed by atoms with E-state index in [1.807, 2.05) is 0 Å². The van der Waals surface area contributed by atoms with Gasteiger partial charge in [-0.25, -0.2) is 0 Å². The van der Waals surface area contributed by atoms with E-state index in [1.54, 1.807) is 0 Å². The molecule has 0 heterocycles. The molecule has 1 N–H and O–H groups in total. The van der Waals surface area contributed by atoms with Crippen LogP contribution in [0.15, 0.2) is 0 Å². The zero-order valence-corrected chi connectivity index (χ0v) is 6.33. The molecule has 9 heavy (non-hydrogen) atoms. The second-order valence-electron chi connectivity index (χ2n) is 1.94. The summed E-state index contributed by atoms with van der Waals surface area (Å²) in [6.45, 7) is 5.26. The Bertz CT molecular complexity index is 96.9. The molecule has 0 radical (unpaired) electrons. The Morgan fingerprint density at radius 1 is 1.33 bits per heavy atom. The number of rotatable bonds is 3. The Balaban J connectivity index is 2.90. The van der Waals surface area contributed by atoms with Gasteiger partial charge in [0, 0.05) is 19.0 Å². The number of unbranched alkanes of at least 4 members (excludes halogenated alkanes) is 1. The van der Waals surface area contributed by atoms with Crippen LogP contribution in [0.5, 0.6) is 0 Å². The van der Waals surface area contributed by atoms with E-state index in [0.29, 0.717) is 0 Å². The Kier molecular flexibility index (Phi) is 6.84. The molecule has 0 aliphatic heterocycles. The fourth-order valence-electron chi connectivity index (χ4n) is 0.479. The average molecular weight is 125 g/mol. The predicted molar refractivity (Wildman–Crippen MR) is 41.0 cm³/mol. The van der Waals surface area contributed by atoms with E-state index >= 15 is 0 Å². The highest BCUT2D eigenvalue weighted by Crippen LogP contribution is 1.80. The highest BCUT2D eigenvalue weighted by Gasteiger charge is 1.76. The molecule has 0 fully saturated rings. The fraction of sp³-hybridized carbons (Fsp3) is 0.750.